The average Bonchev–Trinajstić information content (AvgIpc) is 2.30. The molecule has 0 saturated carbocycles. The van der Waals surface area contributed by atoms with Crippen LogP contribution in [0.1, 0.15) is 11.1 Å². The van der Waals surface area contributed by atoms with Gasteiger partial charge in [0.15, 0.2) is 0 Å². The number of pyridine rings is 1. The third-order valence-electron chi connectivity index (χ3n) is 2.57. The van der Waals surface area contributed by atoms with E-state index in [1.54, 1.807) is 12.4 Å². The minimum Gasteiger partial charge on any atom is -0.376 e. The fourth-order valence-corrected chi connectivity index (χ4v) is 1.53. The molecule has 0 atom stereocenters. The second kappa shape index (κ2) is 4.91. The molecular weight excluding hydrogens is 222 g/mol. The van der Waals surface area contributed by atoms with Crippen LogP contribution in [0.4, 0.5) is 14.5 Å². The van der Waals surface area contributed by atoms with Gasteiger partial charge >= 0.3 is 0 Å². The van der Waals surface area contributed by atoms with Crippen LogP contribution in [-0.4, -0.2) is 4.98 Å². The predicted octanol–water partition coefficient (Wildman–Crippen LogP) is 3.28. The summed E-state index contributed by atoms with van der Waals surface area (Å²) in [6.07, 6.45) is 3.36. The molecule has 0 fully saturated rings. The first-order chi connectivity index (χ1) is 8.18. The van der Waals surface area contributed by atoms with Crippen molar-refractivity contribution in [1.82, 2.24) is 4.98 Å². The van der Waals surface area contributed by atoms with Crippen LogP contribution in [0.2, 0.25) is 0 Å². The van der Waals surface area contributed by atoms with Gasteiger partial charge in [-0.2, -0.15) is 0 Å². The summed E-state index contributed by atoms with van der Waals surface area (Å²) in [6, 6.07) is 5.64. The van der Waals surface area contributed by atoms with Crippen molar-refractivity contribution in [2.45, 2.75) is 13.5 Å². The fraction of sp³-hybridized carbons (Fsp3) is 0.154. The number of halogens is 2. The Morgan fingerprint density at radius 2 is 1.88 bits per heavy atom. The summed E-state index contributed by atoms with van der Waals surface area (Å²) < 4.78 is 26.7. The molecular formula is C13H12F2N2. The summed E-state index contributed by atoms with van der Waals surface area (Å²) in [6.45, 7) is 2.27. The molecule has 88 valence electrons. The van der Waals surface area contributed by atoms with Crippen LogP contribution in [-0.2, 0) is 6.54 Å². The van der Waals surface area contributed by atoms with E-state index < -0.39 is 11.6 Å². The van der Waals surface area contributed by atoms with Crippen molar-refractivity contribution >= 4 is 5.69 Å². The molecule has 1 aromatic carbocycles. The summed E-state index contributed by atoms with van der Waals surface area (Å²) in [7, 11) is 0. The fourth-order valence-electron chi connectivity index (χ4n) is 1.53. The molecule has 1 heterocycles. The molecule has 1 N–H and O–H groups in total. The molecule has 0 saturated heterocycles. The first-order valence-corrected chi connectivity index (χ1v) is 5.26. The minimum absolute atomic E-state index is 0.101. The van der Waals surface area contributed by atoms with Gasteiger partial charge < -0.3 is 5.32 Å². The molecule has 2 rings (SSSR count). The summed E-state index contributed by atoms with van der Waals surface area (Å²) in [5, 5.41) is 2.75. The van der Waals surface area contributed by atoms with Gasteiger partial charge in [0.1, 0.15) is 17.3 Å². The van der Waals surface area contributed by atoms with Gasteiger partial charge in [-0.05, 0) is 36.2 Å². The Morgan fingerprint density at radius 1 is 1.18 bits per heavy atom. The van der Waals surface area contributed by atoms with E-state index in [9.17, 15) is 8.78 Å². The molecule has 0 amide bonds. The average molecular weight is 234 g/mol. The second-order valence-corrected chi connectivity index (χ2v) is 3.75. The van der Waals surface area contributed by atoms with Gasteiger partial charge in [0.25, 0.3) is 0 Å². The molecule has 0 bridgehead atoms. The predicted molar refractivity (Wildman–Crippen MR) is 62.7 cm³/mol. The smallest absolute Gasteiger partial charge is 0.149 e. The van der Waals surface area contributed by atoms with E-state index in [4.69, 9.17) is 0 Å². The maximum atomic E-state index is 13.3. The molecule has 2 aromatic rings. The maximum absolute atomic E-state index is 13.3. The Balaban J connectivity index is 2.16. The molecule has 4 heteroatoms. The molecule has 17 heavy (non-hydrogen) atoms. The lowest BCUT2D eigenvalue weighted by atomic mass is 10.1. The topological polar surface area (TPSA) is 24.9 Å². The number of aryl methyl sites for hydroxylation is 1. The summed E-state index contributed by atoms with van der Waals surface area (Å²) in [5.74, 6) is -1.18. The molecule has 0 unspecified atom stereocenters. The summed E-state index contributed by atoms with van der Waals surface area (Å²) in [5.41, 5.74) is 1.84. The molecule has 0 radical (unpaired) electrons. The first-order valence-electron chi connectivity index (χ1n) is 5.26. The van der Waals surface area contributed by atoms with Gasteiger partial charge in [-0.1, -0.05) is 6.07 Å². The summed E-state index contributed by atoms with van der Waals surface area (Å²) in [4.78, 5) is 3.98. The zero-order chi connectivity index (χ0) is 12.3. The number of hydrogen-bond acceptors (Lipinski definition) is 2. The molecule has 2 nitrogen and oxygen atoms in total. The lowest BCUT2D eigenvalue weighted by molar-refractivity contribution is 0.588. The van der Waals surface area contributed by atoms with E-state index in [0.29, 0.717) is 6.54 Å². The maximum Gasteiger partial charge on any atom is 0.149 e. The van der Waals surface area contributed by atoms with Crippen LogP contribution < -0.4 is 5.32 Å². The molecule has 0 aliphatic heterocycles. The van der Waals surface area contributed by atoms with Crippen molar-refractivity contribution in [2.75, 3.05) is 5.32 Å². The molecule has 0 aliphatic carbocycles. The van der Waals surface area contributed by atoms with Crippen molar-refractivity contribution in [3.63, 3.8) is 0 Å². The zero-order valence-electron chi connectivity index (χ0n) is 9.37. The highest BCUT2D eigenvalue weighted by atomic mass is 19.1. The Bertz CT molecular complexity index is 506. The number of anilines is 1. The van der Waals surface area contributed by atoms with Crippen LogP contribution >= 0.6 is 0 Å². The lowest BCUT2D eigenvalue weighted by Gasteiger charge is -2.09. The van der Waals surface area contributed by atoms with Crippen molar-refractivity contribution in [3.05, 3.63) is 59.4 Å². The van der Waals surface area contributed by atoms with Gasteiger partial charge in [-0.15, -0.1) is 0 Å². The Labute approximate surface area is 98.3 Å². The lowest BCUT2D eigenvalue weighted by Crippen LogP contribution is -2.05. The Kier molecular flexibility index (Phi) is 3.32. The van der Waals surface area contributed by atoms with Crippen molar-refractivity contribution in [3.8, 4) is 0 Å². The van der Waals surface area contributed by atoms with E-state index in [2.05, 4.69) is 10.3 Å². The number of nitrogens with one attached hydrogen (secondary N) is 1. The highest BCUT2D eigenvalue weighted by molar-refractivity contribution is 5.46. The molecule has 1 aromatic heterocycles. The van der Waals surface area contributed by atoms with Crippen LogP contribution in [0.3, 0.4) is 0 Å². The van der Waals surface area contributed by atoms with Gasteiger partial charge in [0, 0.05) is 18.9 Å². The van der Waals surface area contributed by atoms with Gasteiger partial charge in [-0.3, -0.25) is 4.98 Å². The van der Waals surface area contributed by atoms with Crippen molar-refractivity contribution in [2.24, 2.45) is 0 Å². The highest BCUT2D eigenvalue weighted by Crippen LogP contribution is 2.19. The number of benzene rings is 1. The van der Waals surface area contributed by atoms with E-state index in [0.717, 1.165) is 11.1 Å². The third kappa shape index (κ3) is 2.58. The minimum atomic E-state index is -0.591. The van der Waals surface area contributed by atoms with Crippen LogP contribution in [0.25, 0.3) is 0 Å². The highest BCUT2D eigenvalue weighted by Gasteiger charge is 2.07. The Morgan fingerprint density at radius 3 is 2.53 bits per heavy atom. The Hall–Kier alpha value is -1.97. The second-order valence-electron chi connectivity index (χ2n) is 3.75. The number of nitrogens with zero attached hydrogens (tertiary/aromatic N) is 1. The summed E-state index contributed by atoms with van der Waals surface area (Å²) >= 11 is 0. The number of aromatic nitrogens is 1. The van der Waals surface area contributed by atoms with Gasteiger partial charge in [0.05, 0.1) is 0 Å². The zero-order valence-corrected chi connectivity index (χ0v) is 9.37. The monoisotopic (exact) mass is 234 g/mol. The van der Waals surface area contributed by atoms with Crippen LogP contribution in [0.15, 0.2) is 36.7 Å². The number of para-hydroxylation sites is 1. The number of rotatable bonds is 3. The SMILES string of the molecule is Cc1ccncc1CNc1c(F)cccc1F. The van der Waals surface area contributed by atoms with Gasteiger partial charge in [-0.25, -0.2) is 8.78 Å². The third-order valence-corrected chi connectivity index (χ3v) is 2.57. The van der Waals surface area contributed by atoms with Crippen molar-refractivity contribution < 1.29 is 8.78 Å². The molecule has 0 spiro atoms. The standard InChI is InChI=1S/C13H12F2N2/c1-9-5-6-16-7-10(9)8-17-13-11(14)3-2-4-12(13)15/h2-7,17H,8H2,1H3. The van der Waals surface area contributed by atoms with E-state index in [1.807, 2.05) is 13.0 Å². The van der Waals surface area contributed by atoms with Crippen LogP contribution in [0.5, 0.6) is 0 Å². The first kappa shape index (κ1) is 11.5. The van der Waals surface area contributed by atoms with E-state index in [-0.39, 0.29) is 5.69 Å². The van der Waals surface area contributed by atoms with E-state index in [1.165, 1.54) is 18.2 Å². The number of hydrogen-bond donors (Lipinski definition) is 1. The van der Waals surface area contributed by atoms with Crippen LogP contribution in [0, 0.1) is 18.6 Å². The van der Waals surface area contributed by atoms with Crippen molar-refractivity contribution in [1.29, 1.82) is 0 Å². The van der Waals surface area contributed by atoms with Gasteiger partial charge in [0.2, 0.25) is 0 Å². The quantitative estimate of drug-likeness (QED) is 0.881. The normalized spacial score (nSPS) is 10.3. The largest absolute Gasteiger partial charge is 0.376 e. The molecule has 0 aliphatic rings. The van der Waals surface area contributed by atoms with E-state index >= 15 is 0 Å².